The molecule has 0 spiro atoms. The third kappa shape index (κ3) is 3.20. The minimum atomic E-state index is -3.79. The maximum Gasteiger partial charge on any atom is 0.261 e. The monoisotopic (exact) mass is 315 g/mol. The topological polar surface area (TPSA) is 55.4 Å². The lowest BCUT2D eigenvalue weighted by Gasteiger charge is -2.09. The van der Waals surface area contributed by atoms with Crippen molar-refractivity contribution in [3.05, 3.63) is 53.3 Å². The van der Waals surface area contributed by atoms with Gasteiger partial charge in [-0.15, -0.1) is 0 Å². The highest BCUT2D eigenvalue weighted by Crippen LogP contribution is 2.27. The fourth-order valence-corrected chi connectivity index (χ4v) is 2.95. The van der Waals surface area contributed by atoms with Crippen molar-refractivity contribution in [2.24, 2.45) is 0 Å². The lowest BCUT2D eigenvalue weighted by atomic mass is 10.3. The van der Waals surface area contributed by atoms with Crippen molar-refractivity contribution >= 4 is 27.3 Å². The fraction of sp³-hybridized carbons (Fsp3) is 0.0769. The molecule has 0 aliphatic carbocycles. The SMILES string of the molecule is COc1ccc(S(=O)(=O)Nc2ccc(F)cc2)cc1Cl. The van der Waals surface area contributed by atoms with Crippen LogP contribution in [0.1, 0.15) is 0 Å². The zero-order valence-electron chi connectivity index (χ0n) is 10.4. The highest BCUT2D eigenvalue weighted by atomic mass is 35.5. The number of rotatable bonds is 4. The number of nitrogens with one attached hydrogen (secondary N) is 1. The van der Waals surface area contributed by atoms with Crippen LogP contribution >= 0.6 is 11.6 Å². The lowest BCUT2D eigenvalue weighted by molar-refractivity contribution is 0.414. The summed E-state index contributed by atoms with van der Waals surface area (Å²) in [5.74, 6) is -0.0622. The average Bonchev–Trinajstić information content (AvgIpc) is 2.41. The molecule has 7 heteroatoms. The predicted octanol–water partition coefficient (Wildman–Crippen LogP) is 3.29. The van der Waals surface area contributed by atoms with Crippen molar-refractivity contribution in [2.75, 3.05) is 11.8 Å². The van der Waals surface area contributed by atoms with E-state index < -0.39 is 15.8 Å². The van der Waals surface area contributed by atoms with Gasteiger partial charge in [0.2, 0.25) is 0 Å². The van der Waals surface area contributed by atoms with Gasteiger partial charge in [-0.1, -0.05) is 11.6 Å². The van der Waals surface area contributed by atoms with Gasteiger partial charge in [-0.2, -0.15) is 0 Å². The summed E-state index contributed by atoms with van der Waals surface area (Å²) in [5, 5.41) is 0.189. The summed E-state index contributed by atoms with van der Waals surface area (Å²) in [6.45, 7) is 0. The zero-order chi connectivity index (χ0) is 14.8. The van der Waals surface area contributed by atoms with Gasteiger partial charge < -0.3 is 4.74 Å². The summed E-state index contributed by atoms with van der Waals surface area (Å²) in [4.78, 5) is -0.00683. The predicted molar refractivity (Wildman–Crippen MR) is 75.2 cm³/mol. The van der Waals surface area contributed by atoms with Gasteiger partial charge in [-0.05, 0) is 42.5 Å². The van der Waals surface area contributed by atoms with E-state index in [0.717, 1.165) is 0 Å². The molecule has 2 aromatic carbocycles. The van der Waals surface area contributed by atoms with E-state index in [4.69, 9.17) is 16.3 Å². The van der Waals surface area contributed by atoms with Crippen molar-refractivity contribution in [1.82, 2.24) is 0 Å². The number of halogens is 2. The van der Waals surface area contributed by atoms with Gasteiger partial charge in [-0.3, -0.25) is 4.72 Å². The summed E-state index contributed by atoms with van der Waals surface area (Å²) >= 11 is 5.89. The number of sulfonamides is 1. The number of ether oxygens (including phenoxy) is 1. The van der Waals surface area contributed by atoms with E-state index in [1.54, 1.807) is 0 Å². The molecule has 0 saturated heterocycles. The van der Waals surface area contributed by atoms with E-state index in [1.807, 2.05) is 0 Å². The number of benzene rings is 2. The minimum Gasteiger partial charge on any atom is -0.495 e. The van der Waals surface area contributed by atoms with Crippen molar-refractivity contribution in [3.63, 3.8) is 0 Å². The molecule has 106 valence electrons. The summed E-state index contributed by atoms with van der Waals surface area (Å²) < 4.78 is 44.3. The molecule has 0 atom stereocenters. The first kappa shape index (κ1) is 14.6. The Morgan fingerprint density at radius 3 is 2.35 bits per heavy atom. The molecular formula is C13H11ClFNO3S. The van der Waals surface area contributed by atoms with E-state index in [9.17, 15) is 12.8 Å². The van der Waals surface area contributed by atoms with Crippen molar-refractivity contribution < 1.29 is 17.5 Å². The molecule has 0 unspecified atom stereocenters. The normalized spacial score (nSPS) is 11.2. The smallest absolute Gasteiger partial charge is 0.261 e. The second-order valence-electron chi connectivity index (χ2n) is 3.91. The first-order valence-corrected chi connectivity index (χ1v) is 7.40. The molecule has 0 bridgehead atoms. The molecule has 0 saturated carbocycles. The Hall–Kier alpha value is -1.79. The van der Waals surface area contributed by atoms with Crippen molar-refractivity contribution in [3.8, 4) is 5.75 Å². The zero-order valence-corrected chi connectivity index (χ0v) is 12.0. The van der Waals surface area contributed by atoms with E-state index in [1.165, 1.54) is 49.6 Å². The summed E-state index contributed by atoms with van der Waals surface area (Å²) in [6.07, 6.45) is 0. The molecule has 0 aromatic heterocycles. The van der Waals surface area contributed by atoms with Gasteiger partial charge in [0, 0.05) is 5.69 Å². The van der Waals surface area contributed by atoms with Gasteiger partial charge in [0.1, 0.15) is 11.6 Å². The maximum atomic E-state index is 12.8. The summed E-state index contributed by atoms with van der Waals surface area (Å²) in [5.41, 5.74) is 0.262. The Balaban J connectivity index is 2.30. The maximum absolute atomic E-state index is 12.8. The Bertz CT molecular complexity index is 717. The second-order valence-corrected chi connectivity index (χ2v) is 6.00. The van der Waals surface area contributed by atoms with Crippen LogP contribution in [0, 0.1) is 5.82 Å². The van der Waals surface area contributed by atoms with Crippen LogP contribution < -0.4 is 9.46 Å². The first-order chi connectivity index (χ1) is 9.42. The van der Waals surface area contributed by atoms with Crippen molar-refractivity contribution in [2.45, 2.75) is 4.90 Å². The van der Waals surface area contributed by atoms with Gasteiger partial charge >= 0.3 is 0 Å². The van der Waals surface area contributed by atoms with Crippen LogP contribution in [-0.2, 0) is 10.0 Å². The molecule has 2 rings (SSSR count). The largest absolute Gasteiger partial charge is 0.495 e. The highest BCUT2D eigenvalue weighted by Gasteiger charge is 2.16. The minimum absolute atomic E-state index is 0.00683. The third-order valence-electron chi connectivity index (χ3n) is 2.53. The molecule has 0 aliphatic heterocycles. The third-order valence-corrected chi connectivity index (χ3v) is 4.20. The Morgan fingerprint density at radius 2 is 1.80 bits per heavy atom. The standard InChI is InChI=1S/C13H11ClFNO3S/c1-19-13-7-6-11(8-12(13)14)20(17,18)16-10-4-2-9(15)3-5-10/h2-8,16H,1H3. The molecule has 4 nitrogen and oxygen atoms in total. The first-order valence-electron chi connectivity index (χ1n) is 5.54. The van der Waals surface area contributed by atoms with E-state index in [-0.39, 0.29) is 15.6 Å². The van der Waals surface area contributed by atoms with Crippen LogP contribution in [0.5, 0.6) is 5.75 Å². The van der Waals surface area contributed by atoms with Crippen LogP contribution in [-0.4, -0.2) is 15.5 Å². The molecule has 0 amide bonds. The number of methoxy groups -OCH3 is 1. The second kappa shape index (κ2) is 5.68. The molecule has 1 N–H and O–H groups in total. The number of anilines is 1. The molecular weight excluding hydrogens is 305 g/mol. The molecule has 0 radical (unpaired) electrons. The van der Waals surface area contributed by atoms with Gasteiger partial charge in [-0.25, -0.2) is 12.8 Å². The Kier molecular flexibility index (Phi) is 4.15. The van der Waals surface area contributed by atoms with Crippen LogP contribution in [0.4, 0.5) is 10.1 Å². The van der Waals surface area contributed by atoms with E-state index in [2.05, 4.69) is 4.72 Å². The van der Waals surface area contributed by atoms with E-state index in [0.29, 0.717) is 5.75 Å². The Labute approximate surface area is 121 Å². The lowest BCUT2D eigenvalue weighted by Crippen LogP contribution is -2.12. The highest BCUT2D eigenvalue weighted by molar-refractivity contribution is 7.92. The Morgan fingerprint density at radius 1 is 1.15 bits per heavy atom. The molecule has 20 heavy (non-hydrogen) atoms. The van der Waals surface area contributed by atoms with Crippen molar-refractivity contribution in [1.29, 1.82) is 0 Å². The summed E-state index contributed by atoms with van der Waals surface area (Å²) in [7, 11) is -2.35. The van der Waals surface area contributed by atoms with Crippen LogP contribution in [0.3, 0.4) is 0 Å². The van der Waals surface area contributed by atoms with Crippen LogP contribution in [0.25, 0.3) is 0 Å². The molecule has 0 heterocycles. The van der Waals surface area contributed by atoms with Gasteiger partial charge in [0.15, 0.2) is 0 Å². The van der Waals surface area contributed by atoms with Crippen LogP contribution in [0.15, 0.2) is 47.4 Å². The molecule has 0 fully saturated rings. The van der Waals surface area contributed by atoms with Gasteiger partial charge in [0.05, 0.1) is 17.0 Å². The van der Waals surface area contributed by atoms with E-state index >= 15 is 0 Å². The molecule has 2 aromatic rings. The quantitative estimate of drug-likeness (QED) is 0.942. The average molecular weight is 316 g/mol. The fourth-order valence-electron chi connectivity index (χ4n) is 1.55. The summed E-state index contributed by atoms with van der Waals surface area (Å²) in [6, 6.07) is 9.11. The number of hydrogen-bond donors (Lipinski definition) is 1. The van der Waals surface area contributed by atoms with Crippen LogP contribution in [0.2, 0.25) is 5.02 Å². The number of hydrogen-bond acceptors (Lipinski definition) is 3. The van der Waals surface area contributed by atoms with Gasteiger partial charge in [0.25, 0.3) is 10.0 Å². The molecule has 0 aliphatic rings.